The van der Waals surface area contributed by atoms with Gasteiger partial charge in [0.25, 0.3) is 0 Å². The zero-order chi connectivity index (χ0) is 31.1. The van der Waals surface area contributed by atoms with E-state index in [1.807, 2.05) is 25.1 Å². The zero-order valence-electron chi connectivity index (χ0n) is 25.5. The fourth-order valence-corrected chi connectivity index (χ4v) is 7.05. The monoisotopic (exact) mass is 686 g/mol. The molecule has 236 valence electrons. The molecule has 2 heterocycles. The molecule has 1 aliphatic heterocycles. The molecule has 2 aromatic carbocycles. The van der Waals surface area contributed by atoms with E-state index in [0.717, 1.165) is 56.9 Å². The summed E-state index contributed by atoms with van der Waals surface area (Å²) in [7, 11) is 1.61. The minimum absolute atomic E-state index is 0.106. The van der Waals surface area contributed by atoms with Crippen LogP contribution in [0, 0.1) is 5.82 Å². The van der Waals surface area contributed by atoms with E-state index in [1.165, 1.54) is 24.2 Å². The largest absolute Gasteiger partial charge is 0.493 e. The summed E-state index contributed by atoms with van der Waals surface area (Å²) in [5, 5.41) is 8.54. The topological polar surface area (TPSA) is 87.5 Å². The van der Waals surface area contributed by atoms with Crippen LogP contribution in [0.25, 0.3) is 0 Å². The molecule has 8 nitrogen and oxygen atoms in total. The summed E-state index contributed by atoms with van der Waals surface area (Å²) in [6, 6.07) is 9.87. The van der Waals surface area contributed by atoms with E-state index < -0.39 is 6.04 Å². The molecule has 1 aromatic heterocycles. The molecule has 3 aromatic rings. The number of nitrogens with one attached hydrogen (secondary N) is 1. The average molecular weight is 688 g/mol. The second kappa shape index (κ2) is 15.3. The Morgan fingerprint density at radius 1 is 1.16 bits per heavy atom. The van der Waals surface area contributed by atoms with Crippen LogP contribution >= 0.6 is 27.7 Å². The number of esters is 1. The second-order valence-corrected chi connectivity index (χ2v) is 13.0. The van der Waals surface area contributed by atoms with Gasteiger partial charge >= 0.3 is 5.97 Å². The van der Waals surface area contributed by atoms with Gasteiger partial charge in [0.1, 0.15) is 18.0 Å². The number of carbonyl (C=O) groups is 1. The molecule has 1 aliphatic carbocycles. The fourth-order valence-electron chi connectivity index (χ4n) is 5.66. The third-order valence-electron chi connectivity index (χ3n) is 8.01. The van der Waals surface area contributed by atoms with Gasteiger partial charge < -0.3 is 19.5 Å². The van der Waals surface area contributed by atoms with E-state index in [4.69, 9.17) is 24.3 Å². The van der Waals surface area contributed by atoms with Gasteiger partial charge in [0.15, 0.2) is 11.5 Å². The van der Waals surface area contributed by atoms with Gasteiger partial charge in [-0.15, -0.1) is 5.10 Å². The van der Waals surface area contributed by atoms with Crippen molar-refractivity contribution in [3.63, 3.8) is 0 Å². The molecule has 0 amide bonds. The van der Waals surface area contributed by atoms with Crippen molar-refractivity contribution in [2.24, 2.45) is 0 Å². The van der Waals surface area contributed by atoms with E-state index >= 15 is 0 Å². The van der Waals surface area contributed by atoms with Crippen molar-refractivity contribution in [2.45, 2.75) is 94.7 Å². The Balaban J connectivity index is 1.48. The number of aromatic nitrogens is 3. The summed E-state index contributed by atoms with van der Waals surface area (Å²) in [4.78, 5) is 18.6. The van der Waals surface area contributed by atoms with Gasteiger partial charge in [0, 0.05) is 11.4 Å². The molecule has 11 heteroatoms. The number of ether oxygens (including phenoxy) is 3. The molecule has 5 rings (SSSR count). The van der Waals surface area contributed by atoms with E-state index in [2.05, 4.69) is 28.2 Å². The molecule has 1 fully saturated rings. The summed E-state index contributed by atoms with van der Waals surface area (Å²) < 4.78 is 34.7. The number of fused-ring (bicyclic) bond motifs is 1. The lowest BCUT2D eigenvalue weighted by molar-refractivity contribution is -0.146. The average Bonchev–Trinajstić information content (AvgIpc) is 3.43. The first-order valence-electron chi connectivity index (χ1n) is 15.4. The van der Waals surface area contributed by atoms with Crippen LogP contribution < -0.4 is 14.8 Å². The van der Waals surface area contributed by atoms with Gasteiger partial charge in [-0.05, 0) is 84.3 Å². The number of allylic oxidation sites excluding steroid dienone is 1. The smallest absolute Gasteiger partial charge is 0.338 e. The third kappa shape index (κ3) is 7.59. The highest BCUT2D eigenvalue weighted by Gasteiger charge is 2.37. The molecule has 1 saturated carbocycles. The molecule has 1 atom stereocenters. The van der Waals surface area contributed by atoms with Crippen LogP contribution in [0.4, 0.5) is 10.3 Å². The molecule has 1 N–H and O–H groups in total. The lowest BCUT2D eigenvalue weighted by Crippen LogP contribution is -2.32. The van der Waals surface area contributed by atoms with Gasteiger partial charge in [-0.1, -0.05) is 62.6 Å². The van der Waals surface area contributed by atoms with E-state index in [0.29, 0.717) is 56.3 Å². The number of thioether (sulfide) groups is 1. The first-order chi connectivity index (χ1) is 21.4. The predicted octanol–water partition coefficient (Wildman–Crippen LogP) is 8.60. The van der Waals surface area contributed by atoms with Gasteiger partial charge in [-0.3, -0.25) is 0 Å². The van der Waals surface area contributed by atoms with Crippen LogP contribution in [0.1, 0.15) is 88.8 Å². The van der Waals surface area contributed by atoms with Crippen LogP contribution in [-0.2, 0) is 15.3 Å². The third-order valence-corrected chi connectivity index (χ3v) is 9.48. The molecule has 0 spiro atoms. The Morgan fingerprint density at radius 3 is 2.70 bits per heavy atom. The van der Waals surface area contributed by atoms with Gasteiger partial charge in [-0.25, -0.2) is 13.9 Å². The Kier molecular flexibility index (Phi) is 11.2. The predicted molar refractivity (Wildman–Crippen MR) is 174 cm³/mol. The standard InChI is InChI=1S/C33H40BrFN4O4S/c1-4-5-6-12-17-42-30-25(34)18-23(19-27(30)41-3)29-28(31(40)43-24-14-8-7-9-15-24)21(2)36-32-37-33(38-39(29)32)44-20-22-13-10-11-16-26(22)35/h10-11,13,16,18-19,24,29H,4-9,12,14-15,17,20H2,1-3H3,(H,36,37,38). The van der Waals surface area contributed by atoms with Crippen molar-refractivity contribution in [1.82, 2.24) is 14.8 Å². The Bertz CT molecular complexity index is 1490. The first-order valence-corrected chi connectivity index (χ1v) is 17.2. The summed E-state index contributed by atoms with van der Waals surface area (Å²) in [6.45, 7) is 4.62. The Labute approximate surface area is 271 Å². The molecule has 0 saturated heterocycles. The minimum atomic E-state index is -0.638. The number of methoxy groups -OCH3 is 1. The molecular formula is C33H40BrFN4O4S. The summed E-state index contributed by atoms with van der Waals surface area (Å²) in [6.07, 6.45) is 9.28. The minimum Gasteiger partial charge on any atom is -0.493 e. The van der Waals surface area contributed by atoms with Crippen molar-refractivity contribution in [3.05, 3.63) is 69.1 Å². The lowest BCUT2D eigenvalue weighted by atomic mass is 9.94. The number of benzene rings is 2. The maximum atomic E-state index is 14.3. The fraction of sp³-hybridized carbons (Fsp3) is 0.485. The molecular weight excluding hydrogens is 647 g/mol. The number of carbonyl (C=O) groups excluding carboxylic acids is 1. The van der Waals surface area contributed by atoms with Crippen molar-refractivity contribution in [1.29, 1.82) is 0 Å². The SMILES string of the molecule is CCCCCCOc1c(Br)cc(C2C(C(=O)OC3CCCCC3)=C(C)Nc3nc(SCc4ccccc4F)nn32)cc1OC. The van der Waals surface area contributed by atoms with Crippen LogP contribution in [0.5, 0.6) is 11.5 Å². The second-order valence-electron chi connectivity index (χ2n) is 11.2. The van der Waals surface area contributed by atoms with E-state index in [-0.39, 0.29) is 17.9 Å². The lowest BCUT2D eigenvalue weighted by Gasteiger charge is -2.30. The van der Waals surface area contributed by atoms with Crippen molar-refractivity contribution in [3.8, 4) is 11.5 Å². The summed E-state index contributed by atoms with van der Waals surface area (Å²) in [5.74, 6) is 1.39. The molecule has 2 aliphatic rings. The number of unbranched alkanes of at least 4 members (excludes halogenated alkanes) is 3. The molecule has 0 radical (unpaired) electrons. The van der Waals surface area contributed by atoms with Crippen LogP contribution in [0.3, 0.4) is 0 Å². The van der Waals surface area contributed by atoms with Crippen LogP contribution in [0.2, 0.25) is 0 Å². The van der Waals surface area contributed by atoms with Crippen LogP contribution in [0.15, 0.2) is 57.3 Å². The Morgan fingerprint density at radius 2 is 1.95 bits per heavy atom. The normalized spacial score (nSPS) is 16.8. The number of rotatable bonds is 13. The quantitative estimate of drug-likeness (QED) is 0.109. The summed E-state index contributed by atoms with van der Waals surface area (Å²) in [5.41, 5.74) is 2.44. The first kappa shape index (κ1) is 32.3. The van der Waals surface area contributed by atoms with Gasteiger partial charge in [0.05, 0.1) is 23.8 Å². The maximum Gasteiger partial charge on any atom is 0.338 e. The van der Waals surface area contributed by atoms with Gasteiger partial charge in [0.2, 0.25) is 11.1 Å². The molecule has 0 bridgehead atoms. The van der Waals surface area contributed by atoms with Gasteiger partial charge in [-0.2, -0.15) is 4.98 Å². The number of anilines is 1. The van der Waals surface area contributed by atoms with Crippen molar-refractivity contribution in [2.75, 3.05) is 19.0 Å². The van der Waals surface area contributed by atoms with Crippen molar-refractivity contribution >= 4 is 39.6 Å². The molecule has 44 heavy (non-hydrogen) atoms. The number of nitrogens with zero attached hydrogens (tertiary/aromatic N) is 3. The maximum absolute atomic E-state index is 14.3. The Hall–Kier alpha value is -3.05. The zero-order valence-corrected chi connectivity index (χ0v) is 27.9. The van der Waals surface area contributed by atoms with Crippen LogP contribution in [-0.4, -0.2) is 40.6 Å². The highest BCUT2D eigenvalue weighted by Crippen LogP contribution is 2.44. The number of hydrogen-bond donors (Lipinski definition) is 1. The number of hydrogen-bond acceptors (Lipinski definition) is 8. The number of halogens is 2. The van der Waals surface area contributed by atoms with E-state index in [9.17, 15) is 9.18 Å². The highest BCUT2D eigenvalue weighted by atomic mass is 79.9. The van der Waals surface area contributed by atoms with Crippen molar-refractivity contribution < 1.29 is 23.4 Å². The highest BCUT2D eigenvalue weighted by molar-refractivity contribution is 9.10. The molecule has 1 unspecified atom stereocenters. The summed E-state index contributed by atoms with van der Waals surface area (Å²) >= 11 is 5.04. The van der Waals surface area contributed by atoms with E-state index in [1.54, 1.807) is 23.9 Å².